The van der Waals surface area contributed by atoms with Crippen molar-refractivity contribution in [1.82, 2.24) is 10.2 Å². The van der Waals surface area contributed by atoms with E-state index in [-0.39, 0.29) is 11.9 Å². The Balaban J connectivity index is 2.04. The summed E-state index contributed by atoms with van der Waals surface area (Å²) in [5.41, 5.74) is 4.56. The highest BCUT2D eigenvalue weighted by molar-refractivity contribution is 5.96. The molecule has 0 saturated heterocycles. The van der Waals surface area contributed by atoms with Crippen molar-refractivity contribution in [3.63, 3.8) is 0 Å². The van der Waals surface area contributed by atoms with Crippen LogP contribution in [0.5, 0.6) is 0 Å². The van der Waals surface area contributed by atoms with Crippen molar-refractivity contribution in [2.75, 3.05) is 19.6 Å². The summed E-state index contributed by atoms with van der Waals surface area (Å²) in [7, 11) is 0. The second-order valence-electron chi connectivity index (χ2n) is 5.90. The van der Waals surface area contributed by atoms with Crippen LogP contribution in [-0.4, -0.2) is 30.4 Å². The van der Waals surface area contributed by atoms with Crippen molar-refractivity contribution in [2.45, 2.75) is 26.3 Å². The van der Waals surface area contributed by atoms with E-state index in [0.29, 0.717) is 0 Å². The van der Waals surface area contributed by atoms with Crippen molar-refractivity contribution < 1.29 is 4.79 Å². The highest BCUT2D eigenvalue weighted by Gasteiger charge is 2.26. The minimum atomic E-state index is 0.0932. The molecule has 0 aliphatic carbocycles. The molecule has 0 spiro atoms. The highest BCUT2D eigenvalue weighted by Crippen LogP contribution is 2.31. The van der Waals surface area contributed by atoms with Gasteiger partial charge in [-0.1, -0.05) is 42.5 Å². The molecule has 3 heteroatoms. The molecular weight excluding hydrogens is 284 g/mol. The van der Waals surface area contributed by atoms with E-state index in [1.165, 1.54) is 11.1 Å². The number of hydrogen-bond donors (Lipinski definition) is 1. The van der Waals surface area contributed by atoms with Gasteiger partial charge in [0.25, 0.3) is 5.91 Å². The molecule has 1 unspecified atom stereocenters. The van der Waals surface area contributed by atoms with E-state index < -0.39 is 0 Å². The Kier molecular flexibility index (Phi) is 4.77. The van der Waals surface area contributed by atoms with Crippen LogP contribution in [0.3, 0.4) is 0 Å². The van der Waals surface area contributed by atoms with Crippen LogP contribution in [-0.2, 0) is 6.42 Å². The minimum absolute atomic E-state index is 0.0932. The van der Waals surface area contributed by atoms with Gasteiger partial charge in [0.1, 0.15) is 0 Å². The molecule has 1 atom stereocenters. The topological polar surface area (TPSA) is 32.3 Å². The largest absolute Gasteiger partial charge is 0.339 e. The van der Waals surface area contributed by atoms with Gasteiger partial charge in [0, 0.05) is 25.2 Å². The predicted octanol–water partition coefficient (Wildman–Crippen LogP) is 3.40. The molecule has 1 aliphatic heterocycles. The predicted molar refractivity (Wildman–Crippen MR) is 93.7 cm³/mol. The second-order valence-corrected chi connectivity index (χ2v) is 5.90. The number of nitrogens with zero attached hydrogens (tertiary/aromatic N) is 1. The van der Waals surface area contributed by atoms with Gasteiger partial charge >= 0.3 is 0 Å². The van der Waals surface area contributed by atoms with Gasteiger partial charge in [-0.3, -0.25) is 4.79 Å². The van der Waals surface area contributed by atoms with Crippen LogP contribution in [0.4, 0.5) is 0 Å². The Labute approximate surface area is 138 Å². The molecule has 3 nitrogen and oxygen atoms in total. The Morgan fingerprint density at radius 2 is 1.70 bits per heavy atom. The molecule has 1 N–H and O–H groups in total. The van der Waals surface area contributed by atoms with Crippen LogP contribution in [0.1, 0.15) is 46.9 Å². The van der Waals surface area contributed by atoms with Gasteiger partial charge in [-0.15, -0.1) is 0 Å². The number of fused-ring (bicyclic) bond motifs is 1. The number of rotatable bonds is 4. The SMILES string of the molecule is CCN(CC)C(=O)c1ccccc1C1NCCc2ccccc21. The van der Waals surface area contributed by atoms with Gasteiger partial charge in [0.15, 0.2) is 0 Å². The number of benzene rings is 2. The van der Waals surface area contributed by atoms with E-state index in [0.717, 1.165) is 37.2 Å². The smallest absolute Gasteiger partial charge is 0.254 e. The Morgan fingerprint density at radius 1 is 1.04 bits per heavy atom. The average Bonchev–Trinajstić information content (AvgIpc) is 2.62. The average molecular weight is 308 g/mol. The van der Waals surface area contributed by atoms with E-state index in [2.05, 4.69) is 35.6 Å². The highest BCUT2D eigenvalue weighted by atomic mass is 16.2. The van der Waals surface area contributed by atoms with E-state index in [1.807, 2.05) is 36.9 Å². The molecule has 0 aromatic heterocycles. The summed E-state index contributed by atoms with van der Waals surface area (Å²) >= 11 is 0. The summed E-state index contributed by atoms with van der Waals surface area (Å²) in [6, 6.07) is 16.6. The number of nitrogens with one attached hydrogen (secondary N) is 1. The first kappa shape index (κ1) is 15.8. The first-order chi connectivity index (χ1) is 11.3. The van der Waals surface area contributed by atoms with E-state index in [1.54, 1.807) is 0 Å². The lowest BCUT2D eigenvalue weighted by molar-refractivity contribution is 0.0771. The van der Waals surface area contributed by atoms with Crippen LogP contribution < -0.4 is 5.32 Å². The van der Waals surface area contributed by atoms with Crippen LogP contribution >= 0.6 is 0 Å². The summed E-state index contributed by atoms with van der Waals surface area (Å²) in [5.74, 6) is 0.121. The standard InChI is InChI=1S/C20H24N2O/c1-3-22(4-2)20(23)18-12-8-7-11-17(18)19-16-10-6-5-9-15(16)13-14-21-19/h5-12,19,21H,3-4,13-14H2,1-2H3. The summed E-state index contributed by atoms with van der Waals surface area (Å²) < 4.78 is 0. The van der Waals surface area contributed by atoms with Crippen molar-refractivity contribution in [2.24, 2.45) is 0 Å². The minimum Gasteiger partial charge on any atom is -0.339 e. The fourth-order valence-electron chi connectivity index (χ4n) is 3.41. The third kappa shape index (κ3) is 3.02. The molecule has 0 bridgehead atoms. The third-order valence-electron chi connectivity index (χ3n) is 4.66. The molecule has 1 heterocycles. The van der Waals surface area contributed by atoms with Crippen molar-refractivity contribution >= 4 is 5.91 Å². The molecule has 1 amide bonds. The molecule has 0 radical (unpaired) electrons. The van der Waals surface area contributed by atoms with Crippen LogP contribution in [0.2, 0.25) is 0 Å². The quantitative estimate of drug-likeness (QED) is 0.939. The number of amides is 1. The molecular formula is C20H24N2O. The molecule has 120 valence electrons. The second kappa shape index (κ2) is 6.97. The lowest BCUT2D eigenvalue weighted by Crippen LogP contribution is -2.35. The molecule has 1 aliphatic rings. The van der Waals surface area contributed by atoms with Crippen molar-refractivity contribution in [3.8, 4) is 0 Å². The van der Waals surface area contributed by atoms with E-state index in [9.17, 15) is 4.79 Å². The Hall–Kier alpha value is -2.13. The van der Waals surface area contributed by atoms with Crippen LogP contribution in [0.25, 0.3) is 0 Å². The third-order valence-corrected chi connectivity index (χ3v) is 4.66. The van der Waals surface area contributed by atoms with Gasteiger partial charge in [-0.05, 0) is 43.0 Å². The molecule has 23 heavy (non-hydrogen) atoms. The summed E-state index contributed by atoms with van der Waals surface area (Å²) in [6.45, 7) is 6.46. The Morgan fingerprint density at radius 3 is 2.43 bits per heavy atom. The zero-order chi connectivity index (χ0) is 16.2. The van der Waals surface area contributed by atoms with Gasteiger partial charge in [0.05, 0.1) is 6.04 Å². The van der Waals surface area contributed by atoms with Gasteiger partial charge in [-0.2, -0.15) is 0 Å². The Bertz CT molecular complexity index is 692. The molecule has 0 fully saturated rings. The normalized spacial score (nSPS) is 16.7. The molecule has 0 saturated carbocycles. The summed E-state index contributed by atoms with van der Waals surface area (Å²) in [5, 5.41) is 3.59. The number of carbonyl (C=O) groups is 1. The lowest BCUT2D eigenvalue weighted by Gasteiger charge is -2.29. The zero-order valence-electron chi connectivity index (χ0n) is 13.9. The number of hydrogen-bond acceptors (Lipinski definition) is 2. The molecule has 2 aromatic carbocycles. The maximum atomic E-state index is 12.9. The fourth-order valence-corrected chi connectivity index (χ4v) is 3.41. The van der Waals surface area contributed by atoms with Crippen molar-refractivity contribution in [1.29, 1.82) is 0 Å². The van der Waals surface area contributed by atoms with Gasteiger partial charge in [-0.25, -0.2) is 0 Å². The maximum absolute atomic E-state index is 12.9. The zero-order valence-corrected chi connectivity index (χ0v) is 13.9. The van der Waals surface area contributed by atoms with Crippen LogP contribution in [0, 0.1) is 0 Å². The molecule has 3 rings (SSSR count). The first-order valence-corrected chi connectivity index (χ1v) is 8.45. The molecule has 2 aromatic rings. The van der Waals surface area contributed by atoms with E-state index in [4.69, 9.17) is 0 Å². The maximum Gasteiger partial charge on any atom is 0.254 e. The monoisotopic (exact) mass is 308 g/mol. The van der Waals surface area contributed by atoms with Gasteiger partial charge < -0.3 is 10.2 Å². The number of carbonyl (C=O) groups excluding carboxylic acids is 1. The fraction of sp³-hybridized carbons (Fsp3) is 0.350. The first-order valence-electron chi connectivity index (χ1n) is 8.45. The summed E-state index contributed by atoms with van der Waals surface area (Å²) in [4.78, 5) is 14.8. The lowest BCUT2D eigenvalue weighted by atomic mass is 9.87. The van der Waals surface area contributed by atoms with Crippen LogP contribution in [0.15, 0.2) is 48.5 Å². The van der Waals surface area contributed by atoms with Crippen molar-refractivity contribution in [3.05, 3.63) is 70.8 Å². The van der Waals surface area contributed by atoms with E-state index >= 15 is 0 Å². The summed E-state index contributed by atoms with van der Waals surface area (Å²) in [6.07, 6.45) is 1.04. The van der Waals surface area contributed by atoms with Gasteiger partial charge in [0.2, 0.25) is 0 Å².